The van der Waals surface area contributed by atoms with E-state index in [1.807, 2.05) is 0 Å². The Balaban J connectivity index is 2.22. The van der Waals surface area contributed by atoms with E-state index in [-0.39, 0.29) is 0 Å². The van der Waals surface area contributed by atoms with E-state index >= 15 is 0 Å². The molecular weight excluding hydrogens is 438 g/mol. The molecule has 30 heavy (non-hydrogen) atoms. The molecule has 2 rings (SSSR count). The second-order valence-corrected chi connectivity index (χ2v) is 7.88. The molecule has 0 aromatic carbocycles. The SMILES string of the molecule is CC(=O)N[C@@H]1[C@@H](O[C@@H]2O[C@H](COS(=O)(=O)O)[C@@H](O)[C@H](O)[C@H]2O)[C@@H](O)[C@@H](CO)O[C@H]1O. The Morgan fingerprint density at radius 2 is 1.63 bits per heavy atom. The average molecular weight is 463 g/mol. The third-order valence-corrected chi connectivity index (χ3v) is 5.02. The van der Waals surface area contributed by atoms with Gasteiger partial charge in [0.2, 0.25) is 5.91 Å². The number of nitrogens with one attached hydrogen (secondary N) is 1. The van der Waals surface area contributed by atoms with E-state index in [0.29, 0.717) is 0 Å². The molecule has 2 aliphatic heterocycles. The summed E-state index contributed by atoms with van der Waals surface area (Å²) >= 11 is 0. The first-order valence-corrected chi connectivity index (χ1v) is 10.1. The Hall–Kier alpha value is -1.02. The summed E-state index contributed by atoms with van der Waals surface area (Å²) < 4.78 is 49.8. The van der Waals surface area contributed by atoms with Gasteiger partial charge in [0.1, 0.15) is 48.8 Å². The number of amides is 1. The van der Waals surface area contributed by atoms with Gasteiger partial charge in [-0.1, -0.05) is 0 Å². The minimum absolute atomic E-state index is 0.647. The van der Waals surface area contributed by atoms with E-state index in [1.54, 1.807) is 0 Å². The van der Waals surface area contributed by atoms with Crippen LogP contribution in [0.1, 0.15) is 6.92 Å². The molecule has 16 heteroatoms. The van der Waals surface area contributed by atoms with Gasteiger partial charge in [0, 0.05) is 6.92 Å². The minimum atomic E-state index is -4.91. The van der Waals surface area contributed by atoms with Crippen molar-refractivity contribution >= 4 is 16.3 Å². The molecule has 176 valence electrons. The molecule has 10 atom stereocenters. The van der Waals surface area contributed by atoms with Crippen LogP contribution in [0.3, 0.4) is 0 Å². The maximum atomic E-state index is 11.4. The fourth-order valence-corrected chi connectivity index (χ4v) is 3.42. The van der Waals surface area contributed by atoms with Crippen LogP contribution in [0.5, 0.6) is 0 Å². The van der Waals surface area contributed by atoms with E-state index < -0.39 is 90.9 Å². The highest BCUT2D eigenvalue weighted by Gasteiger charge is 2.51. The highest BCUT2D eigenvalue weighted by molar-refractivity contribution is 7.80. The summed E-state index contributed by atoms with van der Waals surface area (Å²) in [5.74, 6) is -0.647. The molecule has 0 saturated carbocycles. The first kappa shape index (κ1) is 25.2. The molecule has 8 N–H and O–H groups in total. The van der Waals surface area contributed by atoms with Crippen LogP contribution in [0, 0.1) is 0 Å². The summed E-state index contributed by atoms with van der Waals surface area (Å²) in [6.45, 7) is -0.606. The molecular formula is C14H25NO14S. The second kappa shape index (κ2) is 10.1. The van der Waals surface area contributed by atoms with Crippen molar-refractivity contribution in [2.75, 3.05) is 13.2 Å². The normalized spacial score (nSPS) is 42.7. The van der Waals surface area contributed by atoms with Crippen LogP contribution in [-0.4, -0.2) is 124 Å². The van der Waals surface area contributed by atoms with Gasteiger partial charge in [0.05, 0.1) is 13.2 Å². The van der Waals surface area contributed by atoms with Gasteiger partial charge in [-0.25, -0.2) is 4.18 Å². The fraction of sp³-hybridized carbons (Fsp3) is 0.929. The summed E-state index contributed by atoms with van der Waals surface area (Å²) in [7, 11) is -4.91. The van der Waals surface area contributed by atoms with Crippen molar-refractivity contribution < 1.29 is 66.8 Å². The summed E-state index contributed by atoms with van der Waals surface area (Å²) in [6, 6.07) is -1.40. The quantitative estimate of drug-likeness (QED) is 0.164. The lowest BCUT2D eigenvalue weighted by molar-refractivity contribution is -0.341. The number of carbonyl (C=O) groups is 1. The molecule has 0 radical (unpaired) electrons. The molecule has 2 heterocycles. The largest absolute Gasteiger partial charge is 0.397 e. The molecule has 2 aliphatic rings. The van der Waals surface area contributed by atoms with Crippen molar-refractivity contribution in [1.82, 2.24) is 5.32 Å². The van der Waals surface area contributed by atoms with E-state index in [0.717, 1.165) is 6.92 Å². The molecule has 0 aliphatic carbocycles. The monoisotopic (exact) mass is 463 g/mol. The Morgan fingerprint density at radius 3 is 2.17 bits per heavy atom. The smallest absolute Gasteiger partial charge is 0.394 e. The van der Waals surface area contributed by atoms with Crippen molar-refractivity contribution in [3.8, 4) is 0 Å². The maximum absolute atomic E-state index is 11.4. The topological polar surface area (TPSA) is 242 Å². The highest BCUT2D eigenvalue weighted by Crippen LogP contribution is 2.29. The van der Waals surface area contributed by atoms with Crippen molar-refractivity contribution in [3.05, 3.63) is 0 Å². The van der Waals surface area contributed by atoms with Gasteiger partial charge < -0.3 is 50.2 Å². The lowest BCUT2D eigenvalue weighted by Crippen LogP contribution is -2.67. The zero-order chi connectivity index (χ0) is 22.8. The zero-order valence-corrected chi connectivity index (χ0v) is 16.4. The third kappa shape index (κ3) is 6.02. The molecule has 2 saturated heterocycles. The van der Waals surface area contributed by atoms with Crippen molar-refractivity contribution in [2.45, 2.75) is 68.3 Å². The summed E-state index contributed by atoms with van der Waals surface area (Å²) in [4.78, 5) is 11.4. The second-order valence-electron chi connectivity index (χ2n) is 6.79. The minimum Gasteiger partial charge on any atom is -0.394 e. The number of hydrogen-bond donors (Lipinski definition) is 8. The fourth-order valence-electron chi connectivity index (χ4n) is 3.11. The van der Waals surface area contributed by atoms with Gasteiger partial charge >= 0.3 is 10.4 Å². The first-order chi connectivity index (χ1) is 13.9. The molecule has 0 spiro atoms. The predicted molar refractivity (Wildman–Crippen MR) is 90.6 cm³/mol. The van der Waals surface area contributed by atoms with Crippen molar-refractivity contribution in [2.24, 2.45) is 0 Å². The summed E-state index contributed by atoms with van der Waals surface area (Å²) in [5, 5.41) is 62.1. The van der Waals surface area contributed by atoms with E-state index in [2.05, 4.69) is 9.50 Å². The Labute approximate surface area is 170 Å². The van der Waals surface area contributed by atoms with E-state index in [1.165, 1.54) is 0 Å². The van der Waals surface area contributed by atoms with E-state index in [9.17, 15) is 43.9 Å². The summed E-state index contributed by atoms with van der Waals surface area (Å²) in [5.41, 5.74) is 0. The molecule has 15 nitrogen and oxygen atoms in total. The maximum Gasteiger partial charge on any atom is 0.397 e. The Bertz CT molecular complexity index is 690. The number of rotatable bonds is 7. The lowest BCUT2D eigenvalue weighted by atomic mass is 9.95. The van der Waals surface area contributed by atoms with Crippen LogP contribution < -0.4 is 5.32 Å². The van der Waals surface area contributed by atoms with Gasteiger partial charge in [-0.05, 0) is 0 Å². The van der Waals surface area contributed by atoms with Gasteiger partial charge in [-0.2, -0.15) is 8.42 Å². The van der Waals surface area contributed by atoms with Crippen LogP contribution in [0.15, 0.2) is 0 Å². The van der Waals surface area contributed by atoms with Gasteiger partial charge in [-0.15, -0.1) is 0 Å². The first-order valence-electron chi connectivity index (χ1n) is 8.72. The van der Waals surface area contributed by atoms with Crippen LogP contribution >= 0.6 is 0 Å². The number of ether oxygens (including phenoxy) is 3. The number of aliphatic hydroxyl groups is 6. The standard InChI is InChI=1S/C14H25NO14S/c1-4(17)15-7-12(9(19)5(2-16)27-13(7)22)29-14-11(21)10(20)8(18)6(28-14)3-26-30(23,24)25/h5-14,16,18-22H,2-3H2,1H3,(H,15,17)(H,23,24,25)/t5-,6-,7-,8-,9+,10+,11-,12-,13-,14+/m1/s1. The molecule has 0 aromatic rings. The van der Waals surface area contributed by atoms with E-state index in [4.69, 9.17) is 18.8 Å². The number of hydrogen-bond acceptors (Lipinski definition) is 13. The van der Waals surface area contributed by atoms with Crippen LogP contribution in [0.25, 0.3) is 0 Å². The molecule has 2 fully saturated rings. The van der Waals surface area contributed by atoms with Gasteiger partial charge in [-0.3, -0.25) is 9.35 Å². The Morgan fingerprint density at radius 1 is 1.00 bits per heavy atom. The van der Waals surface area contributed by atoms with Crippen molar-refractivity contribution in [3.63, 3.8) is 0 Å². The third-order valence-electron chi connectivity index (χ3n) is 4.58. The highest BCUT2D eigenvalue weighted by atomic mass is 32.3. The predicted octanol–water partition coefficient (Wildman–Crippen LogP) is -5.43. The molecule has 1 amide bonds. The van der Waals surface area contributed by atoms with Gasteiger partial charge in [0.15, 0.2) is 12.6 Å². The van der Waals surface area contributed by atoms with Crippen molar-refractivity contribution in [1.29, 1.82) is 0 Å². The Kier molecular flexibility index (Phi) is 8.47. The molecule has 0 aromatic heterocycles. The zero-order valence-electron chi connectivity index (χ0n) is 15.6. The van der Waals surface area contributed by atoms with Crippen LogP contribution in [0.4, 0.5) is 0 Å². The number of carbonyl (C=O) groups excluding carboxylic acids is 1. The molecule has 0 bridgehead atoms. The average Bonchev–Trinajstić information content (AvgIpc) is 2.65. The van der Waals surface area contributed by atoms with Crippen LogP contribution in [0.2, 0.25) is 0 Å². The van der Waals surface area contributed by atoms with Crippen LogP contribution in [-0.2, 0) is 33.6 Å². The molecule has 0 unspecified atom stereocenters. The number of aliphatic hydroxyl groups excluding tert-OH is 6. The summed E-state index contributed by atoms with van der Waals surface area (Å²) in [6.07, 6.45) is -15.4. The lowest BCUT2D eigenvalue weighted by Gasteiger charge is -2.46. The van der Waals surface area contributed by atoms with Gasteiger partial charge in [0.25, 0.3) is 0 Å².